The average molecular weight is 1610 g/mol. The van der Waals surface area contributed by atoms with E-state index in [1.54, 1.807) is 253 Å². The van der Waals surface area contributed by atoms with Crippen LogP contribution in [0.3, 0.4) is 0 Å². The lowest BCUT2D eigenvalue weighted by atomic mass is 9.87. The lowest BCUT2D eigenvalue weighted by molar-refractivity contribution is -0.0671. The molecule has 6 amide bonds. The monoisotopic (exact) mass is 1610 g/mol. The van der Waals surface area contributed by atoms with E-state index >= 15 is 0 Å². The number of hydrogen-bond donors (Lipinski definition) is 2. The van der Waals surface area contributed by atoms with E-state index in [9.17, 15) is 50.4 Å². The van der Waals surface area contributed by atoms with Crippen LogP contribution in [0.15, 0.2) is 119 Å². The molecule has 2 unspecified atom stereocenters. The van der Waals surface area contributed by atoms with Crippen LogP contribution < -0.4 is 20.4 Å². The Hall–Kier alpha value is -10.7. The van der Waals surface area contributed by atoms with E-state index < -0.39 is 130 Å². The third kappa shape index (κ3) is 28.5. The average Bonchev–Trinajstić information content (AvgIpc) is 0.791. The number of carbonyl (C=O) groups excluding carboxylic acids is 7. The number of imide groups is 2. The molecule has 616 valence electrons. The molecule has 29 heteroatoms. The van der Waals surface area contributed by atoms with Crippen molar-refractivity contribution >= 4 is 74.0 Å². The van der Waals surface area contributed by atoms with E-state index in [0.717, 1.165) is 0 Å². The number of benzene rings is 4. The minimum atomic E-state index is -3.63. The van der Waals surface area contributed by atoms with Crippen LogP contribution in [0.4, 0.5) is 45.2 Å². The second-order valence-corrected chi connectivity index (χ2v) is 40.0. The molecule has 0 spiro atoms. The normalized spacial score (nSPS) is 12.9. The second kappa shape index (κ2) is 36.2. The van der Waals surface area contributed by atoms with Crippen molar-refractivity contribution in [2.24, 2.45) is 0 Å². The summed E-state index contributed by atoms with van der Waals surface area (Å²) < 4.78 is 98.4. The smallest absolute Gasteiger partial charge is 0.444 e. The van der Waals surface area contributed by atoms with E-state index in [2.05, 4.69) is 44.3 Å². The van der Waals surface area contributed by atoms with Gasteiger partial charge < -0.3 is 48.5 Å². The molecule has 2 N–H and O–H groups in total. The van der Waals surface area contributed by atoms with Gasteiger partial charge in [0.1, 0.15) is 44.8 Å². The number of nitrogens with zero attached hydrogens (tertiary/aromatic N) is 6. The van der Waals surface area contributed by atoms with Gasteiger partial charge in [-0.2, -0.15) is 9.80 Å². The zero-order chi connectivity index (χ0) is 85.9. The molecule has 0 aliphatic rings. The zero-order valence-electron chi connectivity index (χ0n) is 70.3. The van der Waals surface area contributed by atoms with Crippen LogP contribution in [0.5, 0.6) is 0 Å². The lowest BCUT2D eigenvalue weighted by Crippen LogP contribution is -2.44. The molecule has 0 radical (unpaired) electrons. The van der Waals surface area contributed by atoms with Gasteiger partial charge >= 0.3 is 42.7 Å². The van der Waals surface area contributed by atoms with E-state index in [4.69, 9.17) is 47.9 Å². The Morgan fingerprint density at radius 1 is 0.377 bits per heavy atom. The maximum atomic E-state index is 14.3. The number of amides is 6. The number of nitrogens with one attached hydrogen (secondary N) is 2. The second-order valence-electron chi connectivity index (χ2n) is 35.0. The number of aromatic nitrogens is 4. The summed E-state index contributed by atoms with van der Waals surface area (Å²) in [5.41, 5.74) is -5.37. The number of rotatable bonds is 20. The molecule has 6 aromatic rings. The van der Waals surface area contributed by atoms with Crippen LogP contribution in [0.2, 0.25) is 0 Å². The third-order valence-corrected chi connectivity index (χ3v) is 20.2. The van der Waals surface area contributed by atoms with E-state index in [1.807, 2.05) is 0 Å². The lowest BCUT2D eigenvalue weighted by Gasteiger charge is -2.33. The number of alkyl carbamates (subject to hydrolysis) is 2. The van der Waals surface area contributed by atoms with Crippen LogP contribution in [-0.4, -0.2) is 148 Å². The maximum absolute atomic E-state index is 14.3. The fourth-order valence-corrected chi connectivity index (χ4v) is 12.9. The summed E-state index contributed by atoms with van der Waals surface area (Å²) in [5, 5.41) is 4.34. The minimum absolute atomic E-state index is 0.000664. The van der Waals surface area contributed by atoms with Crippen LogP contribution in [-0.2, 0) is 57.6 Å². The van der Waals surface area contributed by atoms with Crippen molar-refractivity contribution in [3.05, 3.63) is 143 Å². The largest absolute Gasteiger partial charge is 0.509 e. The highest BCUT2D eigenvalue weighted by atomic mass is 32.2. The van der Waals surface area contributed by atoms with Gasteiger partial charge in [0, 0.05) is 47.2 Å². The molecular weight excluding hydrogens is 1500 g/mol. The van der Waals surface area contributed by atoms with Gasteiger partial charge in [-0.1, -0.05) is 60.4 Å². The first kappa shape index (κ1) is 92.2. The molecule has 2 atom stereocenters. The van der Waals surface area contributed by atoms with Gasteiger partial charge in [0.05, 0.1) is 44.1 Å². The topological polar surface area (TPSA) is 344 Å². The Labute approximate surface area is 671 Å². The molecule has 27 nitrogen and oxygen atoms in total. The van der Waals surface area contributed by atoms with Crippen molar-refractivity contribution < 1.29 is 88.3 Å². The predicted octanol–water partition coefficient (Wildman–Crippen LogP) is 17.5. The Kier molecular flexibility index (Phi) is 29.3. The highest BCUT2D eigenvalue weighted by Gasteiger charge is 2.40. The van der Waals surface area contributed by atoms with Crippen LogP contribution in [0.1, 0.15) is 238 Å². The summed E-state index contributed by atoms with van der Waals surface area (Å²) in [6.07, 6.45) is -4.08. The van der Waals surface area contributed by atoms with Crippen molar-refractivity contribution in [3.8, 4) is 46.2 Å². The summed E-state index contributed by atoms with van der Waals surface area (Å²) in [5.74, 6) is 10.4. The first-order chi connectivity index (χ1) is 52.2. The van der Waals surface area contributed by atoms with Gasteiger partial charge in [0.15, 0.2) is 42.7 Å². The Morgan fingerprint density at radius 2 is 0.649 bits per heavy atom. The van der Waals surface area contributed by atoms with E-state index in [-0.39, 0.29) is 70.1 Å². The summed E-state index contributed by atoms with van der Waals surface area (Å²) >= 11 is 0. The zero-order valence-corrected chi connectivity index (χ0v) is 71.9. The standard InChI is InChI=1S/C85H110N8O19S2/c1-53(2)113(101,102)63-41-37-59(38-42-63)67-51-86-69(92(73(96)107-80(11,12)13)74(97)108-81(14,15)16)65(90-67)45-31-55-27-33-57(34-28-55)61(49-88-71(94)105-78(5,6)7)47-84(23,24)111-77(100)112-85(25,26)48-62(50-89-72(95)106-79(8,9)10)58-35-29-56(30-36-58)32-46-66-70(93(75(98)109-82(17,18)19)76(99)110-83(20,21)22)87-52-68(91-66)60-39-43-64(44-40-60)114(103,104)54(3)4/h27-30,33-44,51-54,61-62H,47-50H2,1-26H3,(H,88,94)(H,89,95). The summed E-state index contributed by atoms with van der Waals surface area (Å²) in [6.45, 7) is 42.9. The minimum Gasteiger partial charge on any atom is -0.444 e. The number of anilines is 2. The SMILES string of the molecule is CC(C)S(=O)(=O)c1ccc(-c2cnc(N(C(=O)OC(C)(C)C)C(=O)OC(C)(C)C)c(C#Cc3ccc(C(CNC(=O)OC(C)(C)C)CC(C)(C)OC(=O)OC(C)(C)CC(CNC(=O)OC(C)(C)C)c4ccc(C#Cc5nc(-c6ccc(S(=O)(=O)C(C)C)cc6)cnc5N(C(=O)OC(C)(C)C)C(=O)OC(C)(C)C)cc4)cc3)n2)cc1. The third-order valence-electron chi connectivity index (χ3n) is 15.8. The molecule has 114 heavy (non-hydrogen) atoms. The first-order valence-electron chi connectivity index (χ1n) is 37.2. The first-order valence-corrected chi connectivity index (χ1v) is 40.3. The highest BCUT2D eigenvalue weighted by molar-refractivity contribution is 7.92. The molecule has 0 saturated carbocycles. The Bertz CT molecular complexity index is 4480. The van der Waals surface area contributed by atoms with Crippen molar-refractivity contribution in [2.75, 3.05) is 22.9 Å². The predicted molar refractivity (Wildman–Crippen MR) is 433 cm³/mol. The summed E-state index contributed by atoms with van der Waals surface area (Å²) in [7, 11) is -7.26. The van der Waals surface area contributed by atoms with Crippen molar-refractivity contribution in [2.45, 2.75) is 270 Å². The molecule has 0 aliphatic heterocycles. The van der Waals surface area contributed by atoms with Crippen LogP contribution >= 0.6 is 0 Å². The van der Waals surface area contributed by atoms with Crippen molar-refractivity contribution in [1.29, 1.82) is 0 Å². The molecule has 2 aromatic heterocycles. The fourth-order valence-electron chi connectivity index (χ4n) is 10.8. The van der Waals surface area contributed by atoms with Gasteiger partial charge in [0.2, 0.25) is 0 Å². The van der Waals surface area contributed by atoms with E-state index in [0.29, 0.717) is 43.2 Å². The van der Waals surface area contributed by atoms with Gasteiger partial charge in [-0.15, -0.1) is 0 Å². The molecule has 0 aliphatic carbocycles. The van der Waals surface area contributed by atoms with Gasteiger partial charge in [-0.05, 0) is 264 Å². The molecular formula is C85H110N8O19S2. The van der Waals surface area contributed by atoms with Crippen molar-refractivity contribution in [1.82, 2.24) is 30.6 Å². The van der Waals surface area contributed by atoms with Gasteiger partial charge in [-0.3, -0.25) is 0 Å². The number of hydrogen-bond acceptors (Lipinski definition) is 23. The number of ether oxygens (including phenoxy) is 8. The van der Waals surface area contributed by atoms with Crippen molar-refractivity contribution in [3.63, 3.8) is 0 Å². The maximum Gasteiger partial charge on any atom is 0.509 e. The summed E-state index contributed by atoms with van der Waals surface area (Å²) in [6, 6.07) is 25.9. The van der Waals surface area contributed by atoms with Gasteiger partial charge in [-0.25, -0.2) is 70.3 Å². The van der Waals surface area contributed by atoms with Gasteiger partial charge in [0.25, 0.3) is 0 Å². The molecule has 4 aromatic carbocycles. The number of carbonyl (C=O) groups is 7. The summed E-state index contributed by atoms with van der Waals surface area (Å²) in [4.78, 5) is 117. The van der Waals surface area contributed by atoms with Crippen LogP contribution in [0, 0.1) is 23.7 Å². The Morgan fingerprint density at radius 3 is 0.904 bits per heavy atom. The van der Waals surface area contributed by atoms with Crippen LogP contribution in [0.25, 0.3) is 22.5 Å². The highest BCUT2D eigenvalue weighted by Crippen LogP contribution is 2.35. The Balaban J connectivity index is 1.33. The molecule has 6 rings (SSSR count). The molecule has 2 heterocycles. The fraction of sp³-hybridized carbons (Fsp3) is 0.494. The number of sulfone groups is 2. The molecule has 0 saturated heterocycles. The quantitative estimate of drug-likeness (QED) is 0.0407. The molecule has 0 fully saturated rings. The molecule has 0 bridgehead atoms. The van der Waals surface area contributed by atoms with E-state index in [1.165, 1.54) is 36.7 Å².